The van der Waals surface area contributed by atoms with Gasteiger partial charge in [-0.2, -0.15) is 4.31 Å². The zero-order chi connectivity index (χ0) is 46.6. The Bertz CT molecular complexity index is 2000. The second-order valence-corrected chi connectivity index (χ2v) is 21.2. The molecule has 0 bridgehead atoms. The highest BCUT2D eigenvalue weighted by molar-refractivity contribution is 8.13. The number of nitrogens with zero attached hydrogens (tertiary/aromatic N) is 4. The SMILES string of the molecule is CCCCCCCCCC1(CC(=O)SCCNC(=O)CCNC(=O)C(O)C(C)(C)COP(=O)(O)OP(=O)(O)OCC2OC(n3cnc4c(N)ncnc43)C(O)C2OP(=O)(O)O)CO1. The number of rotatable bonds is 29. The van der Waals surface area contributed by atoms with Gasteiger partial charge in [-0.15, -0.1) is 0 Å². The Balaban J connectivity index is 1.15. The maximum Gasteiger partial charge on any atom is 0.481 e. The zero-order valence-electron chi connectivity index (χ0n) is 35.1. The van der Waals surface area contributed by atoms with Crippen LogP contribution in [0.3, 0.4) is 0 Å². The van der Waals surface area contributed by atoms with Crippen LogP contribution in [0.2, 0.25) is 0 Å². The van der Waals surface area contributed by atoms with Crippen molar-refractivity contribution in [3.8, 4) is 0 Å². The van der Waals surface area contributed by atoms with E-state index >= 15 is 0 Å². The van der Waals surface area contributed by atoms with Gasteiger partial charge in [-0.1, -0.05) is 77.5 Å². The van der Waals surface area contributed by atoms with E-state index in [2.05, 4.69) is 41.3 Å². The Hall–Kier alpha value is -2.48. The van der Waals surface area contributed by atoms with Gasteiger partial charge in [0.1, 0.15) is 36.3 Å². The van der Waals surface area contributed by atoms with E-state index in [-0.39, 0.29) is 47.2 Å². The van der Waals surface area contributed by atoms with E-state index in [1.807, 2.05) is 0 Å². The molecule has 29 heteroatoms. The number of nitrogens with two attached hydrogens (primary N) is 1. The molecule has 2 aromatic heterocycles. The van der Waals surface area contributed by atoms with Crippen LogP contribution >= 0.6 is 35.2 Å². The summed E-state index contributed by atoms with van der Waals surface area (Å²) in [6.45, 7) is 3.27. The van der Waals surface area contributed by atoms with E-state index in [4.69, 9.17) is 24.3 Å². The van der Waals surface area contributed by atoms with Gasteiger partial charge in [0.2, 0.25) is 11.8 Å². The lowest BCUT2D eigenvalue weighted by Crippen LogP contribution is -2.46. The summed E-state index contributed by atoms with van der Waals surface area (Å²) in [6, 6.07) is 0. The number of nitrogens with one attached hydrogen (secondary N) is 2. The number of fused-ring (bicyclic) bond motifs is 1. The number of carbonyl (C=O) groups excluding carboxylic acids is 3. The number of imidazole rings is 1. The van der Waals surface area contributed by atoms with E-state index in [0.29, 0.717) is 18.8 Å². The number of unbranched alkanes of at least 4 members (excludes halogenated alkanes) is 6. The summed E-state index contributed by atoms with van der Waals surface area (Å²) >= 11 is 1.11. The lowest BCUT2D eigenvalue weighted by molar-refractivity contribution is -0.137. The fourth-order valence-electron chi connectivity index (χ4n) is 6.45. The smallest absolute Gasteiger partial charge is 0.386 e. The first kappa shape index (κ1) is 53.1. The molecule has 4 heterocycles. The molecule has 2 aromatic rings. The Morgan fingerprint density at radius 3 is 2.35 bits per heavy atom. The molecular formula is C34H58N7O18P3S. The number of epoxide rings is 1. The summed E-state index contributed by atoms with van der Waals surface area (Å²) in [5.74, 6) is -1.10. The molecule has 8 atom stereocenters. The first-order valence-corrected chi connectivity index (χ1v) is 25.7. The van der Waals surface area contributed by atoms with Gasteiger partial charge in [-0.25, -0.2) is 28.6 Å². The quantitative estimate of drug-likeness (QED) is 0.0319. The summed E-state index contributed by atoms with van der Waals surface area (Å²) in [7, 11) is -16.4. The molecule has 2 aliphatic rings. The van der Waals surface area contributed by atoms with E-state index in [9.17, 15) is 57.9 Å². The first-order valence-electron chi connectivity index (χ1n) is 20.2. The van der Waals surface area contributed by atoms with Crippen molar-refractivity contribution in [3.05, 3.63) is 12.7 Å². The Kier molecular flexibility index (Phi) is 19.7. The topological polar surface area (TPSA) is 376 Å². The molecule has 2 saturated heterocycles. The number of phosphoric acid groups is 3. The van der Waals surface area contributed by atoms with E-state index in [1.54, 1.807) is 0 Å². The summed E-state index contributed by atoms with van der Waals surface area (Å²) < 4.78 is 68.0. The third-order valence-corrected chi connectivity index (χ3v) is 14.0. The van der Waals surface area contributed by atoms with Gasteiger partial charge in [-0.3, -0.25) is 32.5 Å². The molecule has 63 heavy (non-hydrogen) atoms. The zero-order valence-corrected chi connectivity index (χ0v) is 38.6. The monoisotopic (exact) mass is 977 g/mol. The maximum atomic E-state index is 12.7. The van der Waals surface area contributed by atoms with Crippen molar-refractivity contribution in [2.45, 2.75) is 121 Å². The van der Waals surface area contributed by atoms with Crippen LogP contribution in [0.5, 0.6) is 0 Å². The Labute approximate surface area is 367 Å². The molecule has 0 aliphatic carbocycles. The number of carbonyl (C=O) groups is 3. The van der Waals surface area contributed by atoms with Crippen LogP contribution in [0, 0.1) is 5.41 Å². The minimum absolute atomic E-state index is 0.0124. The molecule has 10 N–H and O–H groups in total. The van der Waals surface area contributed by atoms with E-state index < -0.39 is 84.6 Å². The first-order chi connectivity index (χ1) is 29.5. The fraction of sp³-hybridized carbons (Fsp3) is 0.765. The highest BCUT2D eigenvalue weighted by Crippen LogP contribution is 2.61. The number of amides is 2. The standard InChI is InChI=1S/C34H58N7O18P3S/c1-4-5-6-7-8-9-10-12-34(19-54-34)16-24(43)63-15-14-36-23(42)11-13-37-31(46)28(45)33(2,3)18-56-62(52,53)59-61(50,51)55-17-22-27(58-60(47,48)49)26(44)32(57-22)41-21-40-25-29(35)38-20-39-30(25)41/h20-22,26-28,32,44-45H,4-19H2,1-3H3,(H,36,42)(H,37,46)(H,50,51)(H,52,53)(H2,35,38,39)(H2,47,48,49). The van der Waals surface area contributed by atoms with Gasteiger partial charge in [0.15, 0.2) is 22.8 Å². The highest BCUT2D eigenvalue weighted by atomic mass is 32.2. The number of phosphoric ester groups is 3. The summed E-state index contributed by atoms with van der Waals surface area (Å²) in [6.07, 6.45) is 2.51. The second-order valence-electron chi connectivity index (χ2n) is 15.8. The molecule has 0 saturated carbocycles. The number of nitrogen functional groups attached to an aromatic ring is 1. The average Bonchev–Trinajstić information content (AvgIpc) is 3.70. The summed E-state index contributed by atoms with van der Waals surface area (Å²) in [5, 5.41) is 26.6. The molecule has 358 valence electrons. The third-order valence-electron chi connectivity index (χ3n) is 10.0. The van der Waals surface area contributed by atoms with Gasteiger partial charge in [0, 0.05) is 37.1 Å². The van der Waals surface area contributed by atoms with Crippen LogP contribution in [0.4, 0.5) is 5.82 Å². The highest BCUT2D eigenvalue weighted by Gasteiger charge is 2.50. The largest absolute Gasteiger partial charge is 0.481 e. The van der Waals surface area contributed by atoms with Gasteiger partial charge in [0.05, 0.1) is 31.7 Å². The predicted molar refractivity (Wildman–Crippen MR) is 223 cm³/mol. The van der Waals surface area contributed by atoms with Crippen LogP contribution < -0.4 is 16.4 Å². The van der Waals surface area contributed by atoms with Crippen molar-refractivity contribution in [2.75, 3.05) is 44.4 Å². The maximum absolute atomic E-state index is 12.7. The van der Waals surface area contributed by atoms with Crippen molar-refractivity contribution in [2.24, 2.45) is 5.41 Å². The van der Waals surface area contributed by atoms with E-state index in [0.717, 1.165) is 48.2 Å². The molecule has 0 aromatic carbocycles. The van der Waals surface area contributed by atoms with Crippen LogP contribution in [0.1, 0.15) is 91.2 Å². The summed E-state index contributed by atoms with van der Waals surface area (Å²) in [5.41, 5.74) is 3.91. The number of aliphatic hydroxyl groups excluding tert-OH is 2. The second kappa shape index (κ2) is 23.3. The minimum Gasteiger partial charge on any atom is -0.386 e. The minimum atomic E-state index is -5.58. The number of hydrogen-bond acceptors (Lipinski definition) is 19. The number of ether oxygens (including phenoxy) is 2. The summed E-state index contributed by atoms with van der Waals surface area (Å²) in [4.78, 5) is 88.6. The van der Waals surface area contributed by atoms with Gasteiger partial charge in [0.25, 0.3) is 0 Å². The number of anilines is 1. The van der Waals surface area contributed by atoms with Gasteiger partial charge < -0.3 is 55.6 Å². The molecular weight excluding hydrogens is 919 g/mol. The molecule has 0 radical (unpaired) electrons. The molecule has 2 fully saturated rings. The van der Waals surface area contributed by atoms with Crippen molar-refractivity contribution >= 4 is 69.1 Å². The number of hydrogen-bond donors (Lipinski definition) is 9. The third kappa shape index (κ3) is 17.0. The van der Waals surface area contributed by atoms with Crippen LogP contribution in [0.15, 0.2) is 12.7 Å². The molecule has 2 amide bonds. The number of aromatic nitrogens is 4. The molecule has 2 aliphatic heterocycles. The van der Waals surface area contributed by atoms with Crippen molar-refractivity contribution < 1.29 is 85.2 Å². The average molecular weight is 978 g/mol. The predicted octanol–water partition coefficient (Wildman–Crippen LogP) is 1.96. The Morgan fingerprint density at radius 2 is 1.68 bits per heavy atom. The van der Waals surface area contributed by atoms with Crippen molar-refractivity contribution in [3.63, 3.8) is 0 Å². The Morgan fingerprint density at radius 1 is 1.02 bits per heavy atom. The van der Waals surface area contributed by atoms with Gasteiger partial charge in [-0.05, 0) is 6.42 Å². The van der Waals surface area contributed by atoms with Gasteiger partial charge >= 0.3 is 23.5 Å². The number of aliphatic hydroxyl groups is 2. The van der Waals surface area contributed by atoms with Crippen LogP contribution in [-0.4, -0.2) is 135 Å². The number of thioether (sulfide) groups is 1. The lowest BCUT2D eigenvalue weighted by atomic mass is 9.87. The molecule has 0 spiro atoms. The molecule has 25 nitrogen and oxygen atoms in total. The fourth-order valence-corrected chi connectivity index (χ4v) is 10.1. The van der Waals surface area contributed by atoms with Crippen molar-refractivity contribution in [1.29, 1.82) is 0 Å². The van der Waals surface area contributed by atoms with Crippen LogP contribution in [-0.2, 0) is 55.4 Å². The van der Waals surface area contributed by atoms with Crippen molar-refractivity contribution in [1.82, 2.24) is 30.2 Å². The van der Waals surface area contributed by atoms with E-state index in [1.165, 1.54) is 46.0 Å². The lowest BCUT2D eigenvalue weighted by Gasteiger charge is -2.30. The molecule has 4 rings (SSSR count). The normalized spacial score (nSPS) is 23.8. The molecule has 8 unspecified atom stereocenters. The van der Waals surface area contributed by atoms with Crippen LogP contribution in [0.25, 0.3) is 11.2 Å².